The van der Waals surface area contributed by atoms with Gasteiger partial charge in [-0.15, -0.1) is 0 Å². The van der Waals surface area contributed by atoms with E-state index in [-0.39, 0.29) is 12.0 Å². The Morgan fingerprint density at radius 3 is 2.72 bits per heavy atom. The van der Waals surface area contributed by atoms with Crippen molar-refractivity contribution in [1.29, 1.82) is 0 Å². The first kappa shape index (κ1) is 14.1. The van der Waals surface area contributed by atoms with Crippen LogP contribution in [0.1, 0.15) is 58.7 Å². The van der Waals surface area contributed by atoms with E-state index in [1.165, 1.54) is 6.42 Å². The van der Waals surface area contributed by atoms with Gasteiger partial charge in [0.15, 0.2) is 0 Å². The third-order valence-electron chi connectivity index (χ3n) is 4.22. The molecule has 0 amide bonds. The molecular formula is C14H23BrN2O. The fourth-order valence-corrected chi connectivity index (χ4v) is 3.69. The fraction of sp³-hybridized carbons (Fsp3) is 0.786. The molecule has 1 aliphatic carbocycles. The zero-order valence-corrected chi connectivity index (χ0v) is 13.2. The van der Waals surface area contributed by atoms with Crippen LogP contribution in [0.15, 0.2) is 10.7 Å². The maximum absolute atomic E-state index is 11.2. The van der Waals surface area contributed by atoms with Crippen molar-refractivity contribution >= 4 is 15.9 Å². The lowest BCUT2D eigenvalue weighted by Gasteiger charge is -2.41. The molecule has 0 aliphatic heterocycles. The van der Waals surface area contributed by atoms with Crippen molar-refractivity contribution in [3.8, 4) is 0 Å². The van der Waals surface area contributed by atoms with Gasteiger partial charge in [0, 0.05) is 6.04 Å². The predicted octanol–water partition coefficient (Wildman–Crippen LogP) is 3.87. The highest BCUT2D eigenvalue weighted by molar-refractivity contribution is 9.10. The van der Waals surface area contributed by atoms with Crippen molar-refractivity contribution in [3.63, 3.8) is 0 Å². The lowest BCUT2D eigenvalue weighted by Crippen LogP contribution is -2.41. The van der Waals surface area contributed by atoms with Gasteiger partial charge in [-0.1, -0.05) is 20.3 Å². The van der Waals surface area contributed by atoms with Crippen LogP contribution >= 0.6 is 15.9 Å². The summed E-state index contributed by atoms with van der Waals surface area (Å²) in [5.74, 6) is 0.841. The van der Waals surface area contributed by atoms with E-state index in [9.17, 15) is 5.11 Å². The molecule has 0 radical (unpaired) electrons. The normalized spacial score (nSPS) is 33.1. The molecule has 1 saturated carbocycles. The molecule has 1 heterocycles. The van der Waals surface area contributed by atoms with Crippen LogP contribution in [-0.4, -0.2) is 14.9 Å². The van der Waals surface area contributed by atoms with Gasteiger partial charge in [0.1, 0.15) is 5.60 Å². The molecule has 0 bridgehead atoms. The van der Waals surface area contributed by atoms with Crippen LogP contribution in [0.4, 0.5) is 0 Å². The Morgan fingerprint density at radius 1 is 1.44 bits per heavy atom. The molecule has 1 N–H and O–H groups in total. The van der Waals surface area contributed by atoms with Gasteiger partial charge in [0.05, 0.1) is 16.4 Å². The minimum Gasteiger partial charge on any atom is -0.383 e. The summed E-state index contributed by atoms with van der Waals surface area (Å²) in [6, 6.07) is 0.264. The Labute approximate surface area is 118 Å². The summed E-state index contributed by atoms with van der Waals surface area (Å²) in [6.45, 7) is 8.57. The molecule has 2 rings (SSSR count). The minimum atomic E-state index is -0.753. The maximum Gasteiger partial charge on any atom is 0.110 e. The number of aromatic nitrogens is 2. The van der Waals surface area contributed by atoms with E-state index in [1.807, 2.05) is 4.68 Å². The molecule has 18 heavy (non-hydrogen) atoms. The van der Waals surface area contributed by atoms with Crippen LogP contribution in [0.25, 0.3) is 0 Å². The largest absolute Gasteiger partial charge is 0.383 e. The summed E-state index contributed by atoms with van der Waals surface area (Å²) in [7, 11) is 0. The highest BCUT2D eigenvalue weighted by atomic mass is 79.9. The molecular weight excluding hydrogens is 292 g/mol. The van der Waals surface area contributed by atoms with Crippen LogP contribution in [0, 0.1) is 11.8 Å². The van der Waals surface area contributed by atoms with Crippen molar-refractivity contribution in [1.82, 2.24) is 9.78 Å². The van der Waals surface area contributed by atoms with E-state index in [0.29, 0.717) is 5.92 Å². The smallest absolute Gasteiger partial charge is 0.110 e. The summed E-state index contributed by atoms with van der Waals surface area (Å²) >= 11 is 3.56. The molecule has 3 nitrogen and oxygen atoms in total. The van der Waals surface area contributed by atoms with Crippen molar-refractivity contribution in [3.05, 3.63) is 16.4 Å². The van der Waals surface area contributed by atoms with Crippen molar-refractivity contribution in [2.24, 2.45) is 11.8 Å². The number of halogens is 1. The maximum atomic E-state index is 11.2. The summed E-state index contributed by atoms with van der Waals surface area (Å²) < 4.78 is 2.89. The van der Waals surface area contributed by atoms with E-state index < -0.39 is 5.60 Å². The van der Waals surface area contributed by atoms with Gasteiger partial charge in [-0.05, 0) is 54.5 Å². The molecule has 4 heteroatoms. The van der Waals surface area contributed by atoms with Gasteiger partial charge >= 0.3 is 0 Å². The monoisotopic (exact) mass is 314 g/mol. The van der Waals surface area contributed by atoms with Gasteiger partial charge < -0.3 is 5.11 Å². The van der Waals surface area contributed by atoms with E-state index in [2.05, 4.69) is 48.7 Å². The first-order valence-corrected chi connectivity index (χ1v) is 7.61. The van der Waals surface area contributed by atoms with Crippen molar-refractivity contribution in [2.75, 3.05) is 0 Å². The summed E-state index contributed by atoms with van der Waals surface area (Å²) in [5, 5.41) is 15.6. The van der Waals surface area contributed by atoms with Gasteiger partial charge in [-0.25, -0.2) is 0 Å². The first-order chi connectivity index (χ1) is 8.36. The fourth-order valence-electron chi connectivity index (χ4n) is 3.08. The SMILES string of the molecule is CC1CCC(C)C(O)(c2c(Br)cnn2C(C)C)C1. The topological polar surface area (TPSA) is 38.1 Å². The number of hydrogen-bond donors (Lipinski definition) is 1. The Kier molecular flexibility index (Phi) is 3.88. The number of rotatable bonds is 2. The third-order valence-corrected chi connectivity index (χ3v) is 4.80. The summed E-state index contributed by atoms with van der Waals surface area (Å²) in [5.41, 5.74) is 0.202. The molecule has 102 valence electrons. The molecule has 1 aromatic rings. The van der Waals surface area contributed by atoms with Gasteiger partial charge in [0.2, 0.25) is 0 Å². The second-order valence-electron chi connectivity index (χ2n) is 6.09. The van der Waals surface area contributed by atoms with Crippen LogP contribution in [0.2, 0.25) is 0 Å². The van der Waals surface area contributed by atoms with Gasteiger partial charge in [-0.2, -0.15) is 5.10 Å². The predicted molar refractivity (Wildman–Crippen MR) is 76.4 cm³/mol. The second kappa shape index (κ2) is 4.97. The van der Waals surface area contributed by atoms with Crippen LogP contribution in [0.3, 0.4) is 0 Å². The van der Waals surface area contributed by atoms with Gasteiger partial charge in [0.25, 0.3) is 0 Å². The number of aliphatic hydroxyl groups is 1. The van der Waals surface area contributed by atoms with Gasteiger partial charge in [-0.3, -0.25) is 4.68 Å². The molecule has 1 aliphatic rings. The second-order valence-corrected chi connectivity index (χ2v) is 6.95. The van der Waals surface area contributed by atoms with Crippen LogP contribution in [-0.2, 0) is 5.60 Å². The third kappa shape index (κ3) is 2.25. The zero-order chi connectivity index (χ0) is 13.5. The Hall–Kier alpha value is -0.350. The molecule has 0 aromatic carbocycles. The number of nitrogens with zero attached hydrogens (tertiary/aromatic N) is 2. The summed E-state index contributed by atoms with van der Waals surface area (Å²) in [6.07, 6.45) is 4.91. The zero-order valence-electron chi connectivity index (χ0n) is 11.7. The van der Waals surface area contributed by atoms with E-state index >= 15 is 0 Å². The van der Waals surface area contributed by atoms with E-state index in [0.717, 1.165) is 23.0 Å². The van der Waals surface area contributed by atoms with Crippen molar-refractivity contribution in [2.45, 2.75) is 58.6 Å². The highest BCUT2D eigenvalue weighted by Gasteiger charge is 2.44. The van der Waals surface area contributed by atoms with E-state index in [1.54, 1.807) is 6.20 Å². The van der Waals surface area contributed by atoms with Crippen molar-refractivity contribution < 1.29 is 5.11 Å². The highest BCUT2D eigenvalue weighted by Crippen LogP contribution is 2.46. The lowest BCUT2D eigenvalue weighted by atomic mass is 9.70. The quantitative estimate of drug-likeness (QED) is 0.899. The molecule has 3 atom stereocenters. The Bertz CT molecular complexity index is 429. The molecule has 1 fully saturated rings. The standard InChI is InChI=1S/C14H23BrN2O/c1-9(2)17-13(12(15)8-16-17)14(18)7-10(3)5-6-11(14)4/h8-11,18H,5-7H2,1-4H3. The average molecular weight is 315 g/mol. The lowest BCUT2D eigenvalue weighted by molar-refractivity contribution is -0.0705. The molecule has 0 spiro atoms. The van der Waals surface area contributed by atoms with Crippen LogP contribution < -0.4 is 0 Å². The molecule has 1 aromatic heterocycles. The minimum absolute atomic E-state index is 0.264. The molecule has 3 unspecified atom stereocenters. The average Bonchev–Trinajstić information content (AvgIpc) is 2.67. The Balaban J connectivity index is 2.48. The number of hydrogen-bond acceptors (Lipinski definition) is 2. The van der Waals surface area contributed by atoms with Crippen LogP contribution in [0.5, 0.6) is 0 Å². The molecule has 0 saturated heterocycles. The Morgan fingerprint density at radius 2 is 2.11 bits per heavy atom. The first-order valence-electron chi connectivity index (χ1n) is 6.82. The summed E-state index contributed by atoms with van der Waals surface area (Å²) in [4.78, 5) is 0. The van der Waals surface area contributed by atoms with E-state index in [4.69, 9.17) is 0 Å².